The normalized spacial score (nSPS) is 16.7. The third-order valence-electron chi connectivity index (χ3n) is 5.25. The molecule has 3 N–H and O–H groups in total. The monoisotopic (exact) mass is 348 g/mol. The van der Waals surface area contributed by atoms with Crippen molar-refractivity contribution < 1.29 is 4.79 Å². The van der Waals surface area contributed by atoms with Crippen molar-refractivity contribution in [1.82, 2.24) is 20.5 Å². The number of nitrogens with one attached hydrogen (secondary N) is 3. The van der Waals surface area contributed by atoms with Crippen LogP contribution in [0.25, 0.3) is 0 Å². The van der Waals surface area contributed by atoms with E-state index < -0.39 is 0 Å². The van der Waals surface area contributed by atoms with E-state index in [2.05, 4.69) is 34.6 Å². The predicted molar refractivity (Wildman–Crippen MR) is 101 cm³/mol. The summed E-state index contributed by atoms with van der Waals surface area (Å²) in [6.07, 6.45) is 6.39. The van der Waals surface area contributed by atoms with Crippen LogP contribution in [0, 0.1) is 19.8 Å². The van der Waals surface area contributed by atoms with E-state index >= 15 is 0 Å². The fraction of sp³-hybridized carbons (Fsp3) is 0.684. The van der Waals surface area contributed by atoms with E-state index in [4.69, 9.17) is 0 Å². The molecule has 0 radical (unpaired) electrons. The fourth-order valence-electron chi connectivity index (χ4n) is 3.82. The third kappa shape index (κ3) is 5.59. The number of rotatable bonds is 6. The smallest absolute Gasteiger partial charge is 0.315 e. The number of aryl methyl sites for hydroxylation is 2. The molecule has 1 fully saturated rings. The molecule has 1 aromatic heterocycles. The summed E-state index contributed by atoms with van der Waals surface area (Å²) < 4.78 is 0. The summed E-state index contributed by atoms with van der Waals surface area (Å²) >= 11 is 0. The minimum atomic E-state index is -0.220. The molecular weight excluding hydrogens is 316 g/mol. The van der Waals surface area contributed by atoms with Crippen LogP contribution in [0.2, 0.25) is 0 Å². The predicted octanol–water partition coefficient (Wildman–Crippen LogP) is 2.30. The van der Waals surface area contributed by atoms with Gasteiger partial charge in [0.25, 0.3) is 5.56 Å². The molecule has 1 heterocycles. The van der Waals surface area contributed by atoms with Crippen LogP contribution in [-0.4, -0.2) is 42.6 Å². The summed E-state index contributed by atoms with van der Waals surface area (Å²) in [6.45, 7) is 4.61. The van der Waals surface area contributed by atoms with Crippen molar-refractivity contribution in [3.8, 4) is 0 Å². The van der Waals surface area contributed by atoms with Crippen LogP contribution >= 0.6 is 0 Å². The number of hydrogen-bond donors (Lipinski definition) is 3. The SMILES string of the molecule is Cc1cc(C)c(CNC(=O)NCC(C2CCCCC2)N(C)C)c(=O)[nH]1. The zero-order valence-corrected chi connectivity index (χ0v) is 15.9. The molecule has 6 nitrogen and oxygen atoms in total. The molecule has 0 aliphatic heterocycles. The Balaban J connectivity index is 1.86. The summed E-state index contributed by atoms with van der Waals surface area (Å²) in [6, 6.07) is 2.05. The molecule has 0 saturated heterocycles. The first kappa shape index (κ1) is 19.5. The van der Waals surface area contributed by atoms with Crippen molar-refractivity contribution in [3.05, 3.63) is 33.2 Å². The van der Waals surface area contributed by atoms with Crippen LogP contribution in [0.15, 0.2) is 10.9 Å². The van der Waals surface area contributed by atoms with E-state index in [9.17, 15) is 9.59 Å². The Morgan fingerprint density at radius 2 is 1.92 bits per heavy atom. The molecule has 1 unspecified atom stereocenters. The lowest BCUT2D eigenvalue weighted by Gasteiger charge is -2.34. The van der Waals surface area contributed by atoms with E-state index in [1.54, 1.807) is 0 Å². The van der Waals surface area contributed by atoms with Gasteiger partial charge >= 0.3 is 6.03 Å². The maximum Gasteiger partial charge on any atom is 0.315 e. The molecule has 0 aromatic carbocycles. The van der Waals surface area contributed by atoms with Gasteiger partial charge in [-0.05, 0) is 58.3 Å². The van der Waals surface area contributed by atoms with Crippen molar-refractivity contribution in [3.63, 3.8) is 0 Å². The number of aromatic nitrogens is 1. The second-order valence-electron chi connectivity index (χ2n) is 7.44. The van der Waals surface area contributed by atoms with Gasteiger partial charge in [-0.15, -0.1) is 0 Å². The number of nitrogens with zero attached hydrogens (tertiary/aromatic N) is 1. The van der Waals surface area contributed by atoms with Gasteiger partial charge in [0.2, 0.25) is 0 Å². The number of aromatic amines is 1. The molecule has 0 bridgehead atoms. The number of amides is 2. The molecule has 140 valence electrons. The van der Waals surface area contributed by atoms with E-state index in [1.165, 1.54) is 32.1 Å². The molecule has 1 aliphatic rings. The molecule has 1 aromatic rings. The van der Waals surface area contributed by atoms with Crippen molar-refractivity contribution in [2.45, 2.75) is 58.5 Å². The van der Waals surface area contributed by atoms with E-state index in [1.807, 2.05) is 19.9 Å². The van der Waals surface area contributed by atoms with Gasteiger partial charge in [0.15, 0.2) is 0 Å². The van der Waals surface area contributed by atoms with Crippen molar-refractivity contribution in [2.24, 2.45) is 5.92 Å². The van der Waals surface area contributed by atoms with Gasteiger partial charge in [-0.1, -0.05) is 19.3 Å². The highest BCUT2D eigenvalue weighted by atomic mass is 16.2. The van der Waals surface area contributed by atoms with Crippen molar-refractivity contribution in [2.75, 3.05) is 20.6 Å². The highest BCUT2D eigenvalue weighted by Gasteiger charge is 2.25. The number of hydrogen-bond acceptors (Lipinski definition) is 3. The van der Waals surface area contributed by atoms with Gasteiger partial charge in [-0.3, -0.25) is 4.79 Å². The van der Waals surface area contributed by atoms with Crippen molar-refractivity contribution in [1.29, 1.82) is 0 Å². The summed E-state index contributed by atoms with van der Waals surface area (Å²) in [5.41, 5.74) is 2.20. The second-order valence-corrected chi connectivity index (χ2v) is 7.44. The fourth-order valence-corrected chi connectivity index (χ4v) is 3.82. The Morgan fingerprint density at radius 1 is 1.24 bits per heavy atom. The van der Waals surface area contributed by atoms with Crippen molar-refractivity contribution >= 4 is 6.03 Å². The van der Waals surface area contributed by atoms with Gasteiger partial charge in [0.1, 0.15) is 0 Å². The first-order chi connectivity index (χ1) is 11.9. The molecular formula is C19H32N4O2. The minimum Gasteiger partial charge on any atom is -0.337 e. The molecule has 2 rings (SSSR count). The zero-order chi connectivity index (χ0) is 18.4. The lowest BCUT2D eigenvalue weighted by Crippen LogP contribution is -2.48. The molecule has 25 heavy (non-hydrogen) atoms. The summed E-state index contributed by atoms with van der Waals surface area (Å²) in [7, 11) is 4.15. The van der Waals surface area contributed by atoms with E-state index in [0.29, 0.717) is 24.1 Å². The van der Waals surface area contributed by atoms with E-state index in [-0.39, 0.29) is 18.1 Å². The maximum absolute atomic E-state index is 12.2. The molecule has 2 amide bonds. The Morgan fingerprint density at radius 3 is 2.52 bits per heavy atom. The third-order valence-corrected chi connectivity index (χ3v) is 5.25. The standard InChI is InChI=1S/C19H32N4O2/c1-13-10-14(2)22-18(24)16(13)11-20-19(25)21-12-17(23(3)4)15-8-6-5-7-9-15/h10,15,17H,5-9,11-12H2,1-4H3,(H,22,24)(H2,20,21,25). The topological polar surface area (TPSA) is 77.2 Å². The summed E-state index contributed by atoms with van der Waals surface area (Å²) in [5.74, 6) is 0.645. The largest absolute Gasteiger partial charge is 0.337 e. The highest BCUT2D eigenvalue weighted by Crippen LogP contribution is 2.27. The van der Waals surface area contributed by atoms with Crippen LogP contribution in [0.3, 0.4) is 0 Å². The summed E-state index contributed by atoms with van der Waals surface area (Å²) in [5, 5.41) is 5.79. The van der Waals surface area contributed by atoms with Gasteiger partial charge in [0.05, 0.1) is 6.54 Å². The van der Waals surface area contributed by atoms with Gasteiger partial charge in [-0.2, -0.15) is 0 Å². The van der Waals surface area contributed by atoms with Gasteiger partial charge in [-0.25, -0.2) is 4.79 Å². The average Bonchev–Trinajstić information content (AvgIpc) is 2.54. The van der Waals surface area contributed by atoms with Crippen LogP contribution < -0.4 is 16.2 Å². The van der Waals surface area contributed by atoms with Crippen LogP contribution in [0.5, 0.6) is 0 Å². The van der Waals surface area contributed by atoms with Crippen LogP contribution in [0.4, 0.5) is 4.79 Å². The molecule has 0 spiro atoms. The Bertz CT molecular complexity index is 633. The first-order valence-electron chi connectivity index (χ1n) is 9.26. The molecule has 1 atom stereocenters. The highest BCUT2D eigenvalue weighted by molar-refractivity contribution is 5.73. The first-order valence-corrected chi connectivity index (χ1v) is 9.26. The molecule has 6 heteroatoms. The number of likely N-dealkylation sites (N-methyl/N-ethyl adjacent to an activating group) is 1. The summed E-state index contributed by atoms with van der Waals surface area (Å²) in [4.78, 5) is 29.2. The maximum atomic E-state index is 12.2. The molecule has 1 aliphatic carbocycles. The average molecular weight is 348 g/mol. The second kappa shape index (κ2) is 9.04. The van der Waals surface area contributed by atoms with E-state index in [0.717, 1.165) is 11.3 Å². The quantitative estimate of drug-likeness (QED) is 0.738. The van der Waals surface area contributed by atoms with Gasteiger partial charge < -0.3 is 20.5 Å². The Kier molecular flexibility index (Phi) is 7.05. The zero-order valence-electron chi connectivity index (χ0n) is 15.9. The number of carbonyl (C=O) groups excluding carboxylic acids is 1. The Hall–Kier alpha value is -1.82. The number of urea groups is 1. The lowest BCUT2D eigenvalue weighted by atomic mass is 9.83. The number of carbonyl (C=O) groups is 1. The molecule has 1 saturated carbocycles. The Labute approximate surface area is 150 Å². The lowest BCUT2D eigenvalue weighted by molar-refractivity contribution is 0.166. The number of H-pyrrole nitrogens is 1. The van der Waals surface area contributed by atoms with Gasteiger partial charge in [0, 0.05) is 23.8 Å². The van der Waals surface area contributed by atoms with Crippen LogP contribution in [-0.2, 0) is 6.54 Å². The number of pyridine rings is 1. The minimum absolute atomic E-state index is 0.133. The van der Waals surface area contributed by atoms with Crippen LogP contribution in [0.1, 0.15) is 48.9 Å².